The maximum Gasteiger partial charge on any atom is 0.258 e. The molecule has 2 N–H and O–H groups in total. The molecule has 0 radical (unpaired) electrons. The summed E-state index contributed by atoms with van der Waals surface area (Å²) in [6.07, 6.45) is 2.88. The van der Waals surface area contributed by atoms with Crippen LogP contribution in [-0.4, -0.2) is 42.2 Å². The fourth-order valence-electron chi connectivity index (χ4n) is 2.95. The highest BCUT2D eigenvalue weighted by molar-refractivity contribution is 6.04. The van der Waals surface area contributed by atoms with E-state index >= 15 is 0 Å². The van der Waals surface area contributed by atoms with Gasteiger partial charge in [0.2, 0.25) is 0 Å². The Hall–Kier alpha value is -3.39. The van der Waals surface area contributed by atoms with Crippen LogP contribution in [0.3, 0.4) is 0 Å². The van der Waals surface area contributed by atoms with Gasteiger partial charge in [-0.25, -0.2) is 9.97 Å². The molecule has 1 aliphatic heterocycles. The van der Waals surface area contributed by atoms with Crippen LogP contribution in [0.4, 0.5) is 23.0 Å². The Morgan fingerprint density at radius 3 is 2.54 bits per heavy atom. The number of benzene rings is 1. The van der Waals surface area contributed by atoms with E-state index in [1.54, 1.807) is 6.07 Å². The third kappa shape index (κ3) is 4.29. The number of carbonyl (C=O) groups excluding carboxylic acids is 1. The number of carbonyl (C=O) groups is 1. The number of ether oxygens (including phenoxy) is 1. The normalized spacial score (nSPS) is 14.0. The van der Waals surface area contributed by atoms with Gasteiger partial charge in [-0.15, -0.1) is 0 Å². The summed E-state index contributed by atoms with van der Waals surface area (Å²) in [6, 6.07) is 11.0. The Balaban J connectivity index is 1.44. The summed E-state index contributed by atoms with van der Waals surface area (Å²) in [5.74, 6) is 2.11. The number of furan rings is 1. The Labute approximate surface area is 162 Å². The van der Waals surface area contributed by atoms with Crippen LogP contribution in [0.5, 0.6) is 0 Å². The Bertz CT molecular complexity index is 935. The minimum atomic E-state index is -0.212. The van der Waals surface area contributed by atoms with Gasteiger partial charge in [-0.2, -0.15) is 0 Å². The van der Waals surface area contributed by atoms with E-state index in [-0.39, 0.29) is 5.91 Å². The molecule has 1 aromatic carbocycles. The van der Waals surface area contributed by atoms with Crippen LogP contribution in [0.25, 0.3) is 0 Å². The number of morpholine rings is 1. The molecule has 0 spiro atoms. The van der Waals surface area contributed by atoms with Gasteiger partial charge in [-0.3, -0.25) is 4.79 Å². The van der Waals surface area contributed by atoms with Crippen LogP contribution in [0, 0.1) is 6.92 Å². The van der Waals surface area contributed by atoms with Gasteiger partial charge in [0.1, 0.15) is 23.7 Å². The zero-order chi connectivity index (χ0) is 19.3. The van der Waals surface area contributed by atoms with E-state index in [9.17, 15) is 4.79 Å². The van der Waals surface area contributed by atoms with Gasteiger partial charge < -0.3 is 24.7 Å². The summed E-state index contributed by atoms with van der Waals surface area (Å²) in [6.45, 7) is 4.93. The lowest BCUT2D eigenvalue weighted by Gasteiger charge is -2.28. The average molecular weight is 379 g/mol. The highest BCUT2D eigenvalue weighted by Gasteiger charge is 2.14. The van der Waals surface area contributed by atoms with Gasteiger partial charge in [-0.1, -0.05) is 0 Å². The number of hydrogen-bond acceptors (Lipinski definition) is 7. The van der Waals surface area contributed by atoms with Crippen LogP contribution in [0.2, 0.25) is 0 Å². The standard InChI is InChI=1S/C20H21N5O3/c1-14-21-18(12-19(22-14)25-7-10-27-11-8-25)23-16-2-4-17(5-3-16)24-20(26)15-6-9-28-13-15/h2-6,9,12-13H,7-8,10-11H2,1H3,(H,24,26)(H,21,22,23). The van der Waals surface area contributed by atoms with Crippen LogP contribution in [0.15, 0.2) is 53.3 Å². The van der Waals surface area contributed by atoms with E-state index in [0.29, 0.717) is 30.3 Å². The largest absolute Gasteiger partial charge is 0.472 e. The van der Waals surface area contributed by atoms with E-state index in [1.807, 2.05) is 37.3 Å². The molecule has 1 saturated heterocycles. The second kappa shape index (κ2) is 8.10. The molecule has 4 rings (SSSR count). The van der Waals surface area contributed by atoms with Gasteiger partial charge in [0.15, 0.2) is 0 Å². The molecule has 1 fully saturated rings. The molecule has 2 aromatic heterocycles. The first-order valence-corrected chi connectivity index (χ1v) is 9.06. The summed E-state index contributed by atoms with van der Waals surface area (Å²) in [5.41, 5.74) is 2.05. The number of anilines is 4. The van der Waals surface area contributed by atoms with Gasteiger partial charge in [-0.05, 0) is 37.3 Å². The van der Waals surface area contributed by atoms with Crippen molar-refractivity contribution in [2.75, 3.05) is 41.8 Å². The van der Waals surface area contributed by atoms with Crippen molar-refractivity contribution >= 4 is 28.9 Å². The number of aryl methyl sites for hydroxylation is 1. The molecular weight excluding hydrogens is 358 g/mol. The molecule has 144 valence electrons. The maximum absolute atomic E-state index is 12.1. The van der Waals surface area contributed by atoms with Crippen LogP contribution in [0.1, 0.15) is 16.2 Å². The second-order valence-corrected chi connectivity index (χ2v) is 6.43. The molecule has 3 aromatic rings. The first-order valence-electron chi connectivity index (χ1n) is 9.06. The van der Waals surface area contributed by atoms with E-state index in [0.717, 1.165) is 30.4 Å². The first kappa shape index (κ1) is 18.0. The Kier molecular flexibility index (Phi) is 5.20. The number of rotatable bonds is 5. The molecule has 1 aliphatic rings. The van der Waals surface area contributed by atoms with E-state index in [4.69, 9.17) is 9.15 Å². The molecule has 3 heterocycles. The zero-order valence-corrected chi connectivity index (χ0v) is 15.5. The van der Waals surface area contributed by atoms with Crippen molar-refractivity contribution in [1.82, 2.24) is 9.97 Å². The molecule has 8 nitrogen and oxygen atoms in total. The van der Waals surface area contributed by atoms with Crippen molar-refractivity contribution in [2.24, 2.45) is 0 Å². The molecule has 0 saturated carbocycles. The average Bonchev–Trinajstić information content (AvgIpc) is 3.25. The minimum Gasteiger partial charge on any atom is -0.472 e. The summed E-state index contributed by atoms with van der Waals surface area (Å²) in [4.78, 5) is 23.3. The van der Waals surface area contributed by atoms with E-state index < -0.39 is 0 Å². The lowest BCUT2D eigenvalue weighted by molar-refractivity contribution is 0.102. The number of hydrogen-bond donors (Lipinski definition) is 2. The number of nitrogens with one attached hydrogen (secondary N) is 2. The van der Waals surface area contributed by atoms with Crippen molar-refractivity contribution in [3.05, 3.63) is 60.3 Å². The Morgan fingerprint density at radius 2 is 1.82 bits per heavy atom. The summed E-state index contributed by atoms with van der Waals surface area (Å²) >= 11 is 0. The van der Waals surface area contributed by atoms with Crippen LogP contribution in [-0.2, 0) is 4.74 Å². The smallest absolute Gasteiger partial charge is 0.258 e. The quantitative estimate of drug-likeness (QED) is 0.703. The SMILES string of the molecule is Cc1nc(Nc2ccc(NC(=O)c3ccoc3)cc2)cc(N2CCOCC2)n1. The van der Waals surface area contributed by atoms with E-state index in [2.05, 4.69) is 25.5 Å². The molecule has 0 atom stereocenters. The van der Waals surface area contributed by atoms with E-state index in [1.165, 1.54) is 12.5 Å². The highest BCUT2D eigenvalue weighted by atomic mass is 16.5. The predicted molar refractivity (Wildman–Crippen MR) is 106 cm³/mol. The monoisotopic (exact) mass is 379 g/mol. The van der Waals surface area contributed by atoms with Gasteiger partial charge in [0.25, 0.3) is 5.91 Å². The summed E-state index contributed by atoms with van der Waals surface area (Å²) in [5, 5.41) is 6.12. The van der Waals surface area contributed by atoms with Crippen LogP contribution < -0.4 is 15.5 Å². The zero-order valence-electron chi connectivity index (χ0n) is 15.5. The third-order valence-electron chi connectivity index (χ3n) is 4.36. The maximum atomic E-state index is 12.1. The summed E-state index contributed by atoms with van der Waals surface area (Å²) < 4.78 is 10.3. The van der Waals surface area contributed by atoms with Gasteiger partial charge in [0, 0.05) is 30.5 Å². The first-order chi connectivity index (χ1) is 13.7. The van der Waals surface area contributed by atoms with Crippen LogP contribution >= 0.6 is 0 Å². The fourth-order valence-corrected chi connectivity index (χ4v) is 2.95. The van der Waals surface area contributed by atoms with Crippen molar-refractivity contribution < 1.29 is 13.9 Å². The molecule has 28 heavy (non-hydrogen) atoms. The fraction of sp³-hybridized carbons (Fsp3) is 0.250. The minimum absolute atomic E-state index is 0.212. The topological polar surface area (TPSA) is 92.5 Å². The van der Waals surface area contributed by atoms with Gasteiger partial charge >= 0.3 is 0 Å². The Morgan fingerprint density at radius 1 is 1.07 bits per heavy atom. The van der Waals surface area contributed by atoms with Gasteiger partial charge in [0.05, 0.1) is 25.0 Å². The summed E-state index contributed by atoms with van der Waals surface area (Å²) in [7, 11) is 0. The molecule has 0 aliphatic carbocycles. The molecule has 8 heteroatoms. The number of nitrogens with zero attached hydrogens (tertiary/aromatic N) is 3. The molecular formula is C20H21N5O3. The number of aromatic nitrogens is 2. The third-order valence-corrected chi connectivity index (χ3v) is 4.36. The molecule has 0 bridgehead atoms. The second-order valence-electron chi connectivity index (χ2n) is 6.43. The lowest BCUT2D eigenvalue weighted by Crippen LogP contribution is -2.36. The molecule has 0 unspecified atom stereocenters. The van der Waals surface area contributed by atoms with Crippen molar-refractivity contribution in [3.8, 4) is 0 Å². The molecule has 1 amide bonds. The predicted octanol–water partition coefficient (Wildman–Crippen LogP) is 3.21. The highest BCUT2D eigenvalue weighted by Crippen LogP contribution is 2.22. The van der Waals surface area contributed by atoms with Crippen molar-refractivity contribution in [2.45, 2.75) is 6.92 Å². The van der Waals surface area contributed by atoms with Crippen molar-refractivity contribution in [3.63, 3.8) is 0 Å². The van der Waals surface area contributed by atoms with Crippen molar-refractivity contribution in [1.29, 1.82) is 0 Å². The number of amides is 1. The lowest BCUT2D eigenvalue weighted by atomic mass is 10.2.